The molecule has 0 bridgehead atoms. The summed E-state index contributed by atoms with van der Waals surface area (Å²) in [5.41, 5.74) is 6.41. The Labute approximate surface area is 131 Å². The number of benzene rings is 1. The standard InChI is InChI=1S/C17H26BrNO/c18-15-7-6-8-16(13-15)20-12-11-17(14-19)9-4-2-1-3-5-10-17/h6-8,13H,1-5,9-12,14,19H2. The Morgan fingerprint density at radius 1 is 1.10 bits per heavy atom. The molecule has 0 radical (unpaired) electrons. The summed E-state index contributed by atoms with van der Waals surface area (Å²) in [6, 6.07) is 8.06. The minimum atomic E-state index is 0.312. The van der Waals surface area contributed by atoms with E-state index in [0.717, 1.165) is 29.8 Å². The number of rotatable bonds is 5. The fraction of sp³-hybridized carbons (Fsp3) is 0.647. The predicted octanol–water partition coefficient (Wildman–Crippen LogP) is 4.91. The van der Waals surface area contributed by atoms with Gasteiger partial charge >= 0.3 is 0 Å². The molecule has 0 aromatic heterocycles. The van der Waals surface area contributed by atoms with E-state index in [4.69, 9.17) is 10.5 Å². The molecule has 0 saturated heterocycles. The highest BCUT2D eigenvalue weighted by Gasteiger charge is 2.28. The van der Waals surface area contributed by atoms with Crippen LogP contribution < -0.4 is 10.5 Å². The summed E-state index contributed by atoms with van der Waals surface area (Å²) >= 11 is 3.47. The molecule has 1 aromatic carbocycles. The van der Waals surface area contributed by atoms with Crippen LogP contribution in [0.3, 0.4) is 0 Å². The summed E-state index contributed by atoms with van der Waals surface area (Å²) in [6.45, 7) is 1.57. The lowest BCUT2D eigenvalue weighted by molar-refractivity contribution is 0.158. The molecule has 0 spiro atoms. The second-order valence-electron chi connectivity index (χ2n) is 6.03. The highest BCUT2D eigenvalue weighted by atomic mass is 79.9. The van der Waals surface area contributed by atoms with Crippen LogP contribution in [0.5, 0.6) is 5.75 Å². The maximum absolute atomic E-state index is 6.10. The summed E-state index contributed by atoms with van der Waals surface area (Å²) in [4.78, 5) is 0. The van der Waals surface area contributed by atoms with E-state index >= 15 is 0 Å². The number of halogens is 1. The van der Waals surface area contributed by atoms with Gasteiger partial charge in [0.15, 0.2) is 0 Å². The van der Waals surface area contributed by atoms with Crippen LogP contribution in [-0.4, -0.2) is 13.2 Å². The average Bonchev–Trinajstić information content (AvgIpc) is 2.42. The number of hydrogen-bond acceptors (Lipinski definition) is 2. The third kappa shape index (κ3) is 4.78. The van der Waals surface area contributed by atoms with Crippen molar-refractivity contribution in [2.24, 2.45) is 11.1 Å². The van der Waals surface area contributed by atoms with E-state index in [2.05, 4.69) is 15.9 Å². The Balaban J connectivity index is 1.86. The molecule has 0 amide bonds. The largest absolute Gasteiger partial charge is 0.494 e. The van der Waals surface area contributed by atoms with Gasteiger partial charge in [0.25, 0.3) is 0 Å². The molecule has 20 heavy (non-hydrogen) atoms. The van der Waals surface area contributed by atoms with Crippen LogP contribution in [0.25, 0.3) is 0 Å². The third-order valence-corrected chi connectivity index (χ3v) is 5.04. The van der Waals surface area contributed by atoms with Gasteiger partial charge in [-0.25, -0.2) is 0 Å². The lowest BCUT2D eigenvalue weighted by atomic mass is 9.74. The first kappa shape index (κ1) is 15.8. The van der Waals surface area contributed by atoms with Crippen LogP contribution in [0.1, 0.15) is 51.4 Å². The van der Waals surface area contributed by atoms with Crippen molar-refractivity contribution in [3.05, 3.63) is 28.7 Å². The lowest BCUT2D eigenvalue weighted by Gasteiger charge is -2.34. The Bertz CT molecular complexity index is 400. The van der Waals surface area contributed by atoms with Crippen LogP contribution in [-0.2, 0) is 0 Å². The van der Waals surface area contributed by atoms with Gasteiger partial charge in [-0.1, -0.05) is 54.1 Å². The molecule has 1 aliphatic rings. The third-order valence-electron chi connectivity index (χ3n) is 4.54. The van der Waals surface area contributed by atoms with Gasteiger partial charge in [0.05, 0.1) is 6.61 Å². The molecule has 0 aliphatic heterocycles. The van der Waals surface area contributed by atoms with Crippen LogP contribution in [0.4, 0.5) is 0 Å². The maximum Gasteiger partial charge on any atom is 0.120 e. The SMILES string of the molecule is NCC1(CCOc2cccc(Br)c2)CCCCCCC1. The van der Waals surface area contributed by atoms with Gasteiger partial charge in [-0.15, -0.1) is 0 Å². The Morgan fingerprint density at radius 3 is 2.45 bits per heavy atom. The molecule has 3 heteroatoms. The van der Waals surface area contributed by atoms with Crippen LogP contribution >= 0.6 is 15.9 Å². The molecular formula is C17H26BrNO. The number of nitrogens with two attached hydrogens (primary N) is 1. The zero-order chi connectivity index (χ0) is 14.3. The molecule has 0 heterocycles. The van der Waals surface area contributed by atoms with Gasteiger partial charge in [0, 0.05) is 4.47 Å². The second kappa shape index (κ2) is 8.04. The molecule has 2 nitrogen and oxygen atoms in total. The van der Waals surface area contributed by atoms with Gasteiger partial charge in [-0.2, -0.15) is 0 Å². The highest BCUT2D eigenvalue weighted by molar-refractivity contribution is 9.10. The maximum atomic E-state index is 6.10. The van der Waals surface area contributed by atoms with E-state index in [9.17, 15) is 0 Å². The van der Waals surface area contributed by atoms with E-state index in [1.165, 1.54) is 44.9 Å². The smallest absolute Gasteiger partial charge is 0.120 e. The molecule has 1 aliphatic carbocycles. The van der Waals surface area contributed by atoms with Gasteiger partial charge in [-0.3, -0.25) is 0 Å². The summed E-state index contributed by atoms with van der Waals surface area (Å²) in [5, 5.41) is 0. The Hall–Kier alpha value is -0.540. The molecule has 0 unspecified atom stereocenters. The first-order valence-corrected chi connectivity index (χ1v) is 8.62. The van der Waals surface area contributed by atoms with E-state index in [0.29, 0.717) is 5.41 Å². The van der Waals surface area contributed by atoms with Crippen molar-refractivity contribution in [2.75, 3.05) is 13.2 Å². The van der Waals surface area contributed by atoms with E-state index in [-0.39, 0.29) is 0 Å². The molecule has 2 rings (SSSR count). The zero-order valence-electron chi connectivity index (χ0n) is 12.2. The Morgan fingerprint density at radius 2 is 1.80 bits per heavy atom. The molecular weight excluding hydrogens is 314 g/mol. The van der Waals surface area contributed by atoms with Gasteiger partial charge in [0.1, 0.15) is 5.75 Å². The normalized spacial score (nSPS) is 19.1. The quantitative estimate of drug-likeness (QED) is 0.827. The number of ether oxygens (including phenoxy) is 1. The first-order valence-electron chi connectivity index (χ1n) is 7.83. The van der Waals surface area contributed by atoms with Gasteiger partial charge < -0.3 is 10.5 Å². The minimum absolute atomic E-state index is 0.312. The van der Waals surface area contributed by atoms with Crippen molar-refractivity contribution < 1.29 is 4.74 Å². The highest BCUT2D eigenvalue weighted by Crippen LogP contribution is 2.36. The Kier molecular flexibility index (Phi) is 6.37. The predicted molar refractivity (Wildman–Crippen MR) is 88.1 cm³/mol. The molecule has 1 aromatic rings. The molecule has 2 N–H and O–H groups in total. The van der Waals surface area contributed by atoms with Crippen molar-refractivity contribution in [3.8, 4) is 5.75 Å². The van der Waals surface area contributed by atoms with Crippen molar-refractivity contribution >= 4 is 15.9 Å². The van der Waals surface area contributed by atoms with Crippen molar-refractivity contribution in [3.63, 3.8) is 0 Å². The molecule has 1 fully saturated rings. The van der Waals surface area contributed by atoms with Crippen molar-refractivity contribution in [1.82, 2.24) is 0 Å². The van der Waals surface area contributed by atoms with E-state index in [1.807, 2.05) is 24.3 Å². The second-order valence-corrected chi connectivity index (χ2v) is 6.94. The fourth-order valence-electron chi connectivity index (χ4n) is 3.15. The summed E-state index contributed by atoms with van der Waals surface area (Å²) in [7, 11) is 0. The summed E-state index contributed by atoms with van der Waals surface area (Å²) in [6.07, 6.45) is 10.4. The van der Waals surface area contributed by atoms with Crippen molar-refractivity contribution in [1.29, 1.82) is 0 Å². The van der Waals surface area contributed by atoms with Gasteiger partial charge in [0.2, 0.25) is 0 Å². The van der Waals surface area contributed by atoms with E-state index < -0.39 is 0 Å². The average molecular weight is 340 g/mol. The summed E-state index contributed by atoms with van der Waals surface area (Å²) in [5.74, 6) is 0.942. The molecule has 0 atom stereocenters. The minimum Gasteiger partial charge on any atom is -0.494 e. The van der Waals surface area contributed by atoms with Gasteiger partial charge in [-0.05, 0) is 49.4 Å². The van der Waals surface area contributed by atoms with Crippen LogP contribution in [0.2, 0.25) is 0 Å². The zero-order valence-corrected chi connectivity index (χ0v) is 13.8. The van der Waals surface area contributed by atoms with Crippen molar-refractivity contribution in [2.45, 2.75) is 51.4 Å². The topological polar surface area (TPSA) is 35.2 Å². The van der Waals surface area contributed by atoms with Crippen LogP contribution in [0, 0.1) is 5.41 Å². The van der Waals surface area contributed by atoms with Crippen LogP contribution in [0.15, 0.2) is 28.7 Å². The monoisotopic (exact) mass is 339 g/mol. The molecule has 1 saturated carbocycles. The van der Waals surface area contributed by atoms with E-state index in [1.54, 1.807) is 0 Å². The fourth-order valence-corrected chi connectivity index (χ4v) is 3.53. The lowest BCUT2D eigenvalue weighted by Crippen LogP contribution is -2.33. The molecule has 112 valence electrons. The summed E-state index contributed by atoms with van der Waals surface area (Å²) < 4.78 is 6.97. The first-order chi connectivity index (χ1) is 9.74. The number of hydrogen-bond donors (Lipinski definition) is 1.